The van der Waals surface area contributed by atoms with Crippen molar-refractivity contribution in [2.24, 2.45) is 5.92 Å². The van der Waals surface area contributed by atoms with E-state index >= 15 is 0 Å². The maximum Gasteiger partial charge on any atom is 0.306 e. The molecule has 176 valence electrons. The van der Waals surface area contributed by atoms with Crippen LogP contribution in [0.4, 0.5) is 5.82 Å². The summed E-state index contributed by atoms with van der Waals surface area (Å²) in [4.78, 5) is 35.7. The van der Waals surface area contributed by atoms with Crippen molar-refractivity contribution < 1.29 is 14.3 Å². The number of amides is 1. The third kappa shape index (κ3) is 6.30. The van der Waals surface area contributed by atoms with Crippen molar-refractivity contribution >= 4 is 17.7 Å². The van der Waals surface area contributed by atoms with Gasteiger partial charge in [-0.25, -0.2) is 4.98 Å². The van der Waals surface area contributed by atoms with Crippen molar-refractivity contribution in [3.8, 4) is 0 Å². The highest BCUT2D eigenvalue weighted by atomic mass is 16.5. The molecule has 0 saturated carbocycles. The number of fused-ring (bicyclic) bond motifs is 1. The number of carbonyl (C=O) groups excluding carboxylic acids is 2. The fraction of sp³-hybridized carbons (Fsp3) is 0.538. The van der Waals surface area contributed by atoms with E-state index in [1.54, 1.807) is 6.20 Å². The van der Waals surface area contributed by atoms with E-state index in [0.717, 1.165) is 68.8 Å². The summed E-state index contributed by atoms with van der Waals surface area (Å²) in [6.45, 7) is 2.53. The van der Waals surface area contributed by atoms with Gasteiger partial charge in [0.1, 0.15) is 5.82 Å². The van der Waals surface area contributed by atoms with Crippen LogP contribution < -0.4 is 5.32 Å². The van der Waals surface area contributed by atoms with E-state index in [9.17, 15) is 9.59 Å². The molecule has 0 aromatic carbocycles. The van der Waals surface area contributed by atoms with E-state index in [4.69, 9.17) is 9.72 Å². The average Bonchev–Trinajstić information content (AvgIpc) is 2.87. The summed E-state index contributed by atoms with van der Waals surface area (Å²) in [6.07, 6.45) is 10.2. The molecular formula is C26H34N4O3. The number of ether oxygens (including phenoxy) is 1. The number of aromatic nitrogens is 2. The first-order chi connectivity index (χ1) is 16.1. The molecule has 4 heterocycles. The van der Waals surface area contributed by atoms with E-state index in [2.05, 4.69) is 22.4 Å². The summed E-state index contributed by atoms with van der Waals surface area (Å²) in [5, 5.41) is 3.36. The summed E-state index contributed by atoms with van der Waals surface area (Å²) in [5.41, 5.74) is 3.33. The zero-order valence-electron chi connectivity index (χ0n) is 19.5. The fourth-order valence-corrected chi connectivity index (χ4v) is 4.96. The van der Waals surface area contributed by atoms with Gasteiger partial charge in [0.05, 0.1) is 13.5 Å². The third-order valence-electron chi connectivity index (χ3n) is 6.93. The molecule has 7 heteroatoms. The second kappa shape index (κ2) is 11.3. The lowest BCUT2D eigenvalue weighted by Crippen LogP contribution is -2.39. The van der Waals surface area contributed by atoms with Gasteiger partial charge in [0.15, 0.2) is 0 Å². The molecule has 1 amide bonds. The molecule has 2 aliphatic heterocycles. The first-order valence-electron chi connectivity index (χ1n) is 12.1. The summed E-state index contributed by atoms with van der Waals surface area (Å²) >= 11 is 0. The molecule has 2 aromatic rings. The van der Waals surface area contributed by atoms with Gasteiger partial charge in [-0.1, -0.05) is 12.1 Å². The van der Waals surface area contributed by atoms with Crippen molar-refractivity contribution in [3.05, 3.63) is 53.5 Å². The molecular weight excluding hydrogens is 416 g/mol. The van der Waals surface area contributed by atoms with Gasteiger partial charge in [-0.15, -0.1) is 0 Å². The van der Waals surface area contributed by atoms with E-state index in [0.29, 0.717) is 25.2 Å². The SMILES string of the molecule is COC(=O)CC(CC1CCN(C(=O)CCc2ccc3c(n2)NCCC3)CC1)c1cccnc1. The molecule has 7 nitrogen and oxygen atoms in total. The van der Waals surface area contributed by atoms with Crippen LogP contribution in [0.2, 0.25) is 0 Å². The van der Waals surface area contributed by atoms with E-state index in [1.807, 2.05) is 23.2 Å². The topological polar surface area (TPSA) is 84.4 Å². The first-order valence-corrected chi connectivity index (χ1v) is 12.1. The molecule has 0 aliphatic carbocycles. The van der Waals surface area contributed by atoms with Gasteiger partial charge in [-0.2, -0.15) is 0 Å². The van der Waals surface area contributed by atoms with Crippen LogP contribution in [0.1, 0.15) is 61.3 Å². The van der Waals surface area contributed by atoms with Crippen molar-refractivity contribution in [1.29, 1.82) is 0 Å². The van der Waals surface area contributed by atoms with Crippen LogP contribution in [-0.2, 0) is 27.2 Å². The number of likely N-dealkylation sites (tertiary alicyclic amines) is 1. The molecule has 1 saturated heterocycles. The second-order valence-electron chi connectivity index (χ2n) is 9.16. The number of hydrogen-bond donors (Lipinski definition) is 1. The van der Waals surface area contributed by atoms with Crippen molar-refractivity contribution in [3.63, 3.8) is 0 Å². The third-order valence-corrected chi connectivity index (χ3v) is 6.93. The Morgan fingerprint density at radius 3 is 2.85 bits per heavy atom. The second-order valence-corrected chi connectivity index (χ2v) is 9.16. The quantitative estimate of drug-likeness (QED) is 0.617. The number of piperidine rings is 1. The lowest BCUT2D eigenvalue weighted by Gasteiger charge is -2.33. The summed E-state index contributed by atoms with van der Waals surface area (Å²) in [6, 6.07) is 8.15. The van der Waals surface area contributed by atoms with Gasteiger partial charge in [-0.05, 0) is 73.6 Å². The maximum atomic E-state index is 12.8. The molecule has 1 N–H and O–H groups in total. The predicted molar refractivity (Wildman–Crippen MR) is 127 cm³/mol. The number of pyridine rings is 2. The highest BCUT2D eigenvalue weighted by molar-refractivity contribution is 5.76. The minimum absolute atomic E-state index is 0.0992. The smallest absolute Gasteiger partial charge is 0.306 e. The van der Waals surface area contributed by atoms with Crippen LogP contribution in [0.15, 0.2) is 36.7 Å². The van der Waals surface area contributed by atoms with Gasteiger partial charge < -0.3 is 15.0 Å². The fourth-order valence-electron chi connectivity index (χ4n) is 4.96. The monoisotopic (exact) mass is 450 g/mol. The Hall–Kier alpha value is -2.96. The molecule has 0 bridgehead atoms. The van der Waals surface area contributed by atoms with Crippen molar-refractivity contribution in [1.82, 2.24) is 14.9 Å². The van der Waals surface area contributed by atoms with E-state index in [1.165, 1.54) is 12.7 Å². The zero-order chi connectivity index (χ0) is 23.0. The Morgan fingerprint density at radius 1 is 1.24 bits per heavy atom. The number of carbonyl (C=O) groups is 2. The normalized spacial score (nSPS) is 17.1. The maximum absolute atomic E-state index is 12.8. The average molecular weight is 451 g/mol. The van der Waals surface area contributed by atoms with Gasteiger partial charge in [0.2, 0.25) is 5.91 Å². The van der Waals surface area contributed by atoms with Crippen LogP contribution in [0, 0.1) is 5.92 Å². The molecule has 2 aliphatic rings. The lowest BCUT2D eigenvalue weighted by atomic mass is 9.82. The number of nitrogens with one attached hydrogen (secondary N) is 1. The first kappa shape index (κ1) is 23.2. The molecule has 1 unspecified atom stereocenters. The van der Waals surface area contributed by atoms with Gasteiger partial charge >= 0.3 is 5.97 Å². The lowest BCUT2D eigenvalue weighted by molar-refractivity contribution is -0.141. The highest BCUT2D eigenvalue weighted by Gasteiger charge is 2.27. The number of anilines is 1. The number of methoxy groups -OCH3 is 1. The largest absolute Gasteiger partial charge is 0.469 e. The van der Waals surface area contributed by atoms with E-state index < -0.39 is 0 Å². The Kier molecular flexibility index (Phi) is 7.92. The number of rotatable bonds is 8. The molecule has 0 radical (unpaired) electrons. The summed E-state index contributed by atoms with van der Waals surface area (Å²) in [7, 11) is 1.43. The van der Waals surface area contributed by atoms with Gasteiger partial charge in [0.25, 0.3) is 0 Å². The highest BCUT2D eigenvalue weighted by Crippen LogP contribution is 2.32. The van der Waals surface area contributed by atoms with Crippen LogP contribution in [0.5, 0.6) is 0 Å². The molecule has 33 heavy (non-hydrogen) atoms. The molecule has 4 rings (SSSR count). The standard InChI is InChI=1S/C26H34N4O3/c1-33-25(32)17-22(21-5-2-12-27-18-21)16-19-10-14-30(15-11-19)24(31)9-8-23-7-6-20-4-3-13-28-26(20)29-23/h2,5-7,12,18-19,22H,3-4,8-11,13-17H2,1H3,(H,28,29). The minimum Gasteiger partial charge on any atom is -0.469 e. The van der Waals surface area contributed by atoms with Gasteiger partial charge in [0, 0.05) is 44.1 Å². The summed E-state index contributed by atoms with van der Waals surface area (Å²) in [5.74, 6) is 1.59. The molecule has 1 atom stereocenters. The van der Waals surface area contributed by atoms with Crippen LogP contribution in [0.25, 0.3) is 0 Å². The molecule has 2 aromatic heterocycles. The molecule has 0 spiro atoms. The Labute approximate surface area is 196 Å². The number of nitrogens with zero attached hydrogens (tertiary/aromatic N) is 3. The Morgan fingerprint density at radius 2 is 2.09 bits per heavy atom. The Balaban J connectivity index is 1.26. The van der Waals surface area contributed by atoms with Gasteiger partial charge in [-0.3, -0.25) is 14.6 Å². The predicted octanol–water partition coefficient (Wildman–Crippen LogP) is 3.74. The minimum atomic E-state index is -0.192. The number of esters is 1. The Bertz CT molecular complexity index is 942. The zero-order valence-corrected chi connectivity index (χ0v) is 19.5. The molecule has 1 fully saturated rings. The number of hydrogen-bond acceptors (Lipinski definition) is 6. The summed E-state index contributed by atoms with van der Waals surface area (Å²) < 4.78 is 4.91. The van der Waals surface area contributed by atoms with Crippen LogP contribution in [-0.4, -0.2) is 53.5 Å². The van der Waals surface area contributed by atoms with Crippen LogP contribution >= 0.6 is 0 Å². The van der Waals surface area contributed by atoms with Crippen LogP contribution in [0.3, 0.4) is 0 Å². The van der Waals surface area contributed by atoms with Crippen molar-refractivity contribution in [2.45, 2.75) is 57.3 Å². The van der Waals surface area contributed by atoms with Crippen molar-refractivity contribution in [2.75, 3.05) is 32.1 Å². The van der Waals surface area contributed by atoms with E-state index in [-0.39, 0.29) is 17.8 Å². The number of aryl methyl sites for hydroxylation is 2.